The third-order valence-corrected chi connectivity index (χ3v) is 3.17. The lowest BCUT2D eigenvalue weighted by Gasteiger charge is -2.02. The van der Waals surface area contributed by atoms with Crippen LogP contribution in [0.4, 0.5) is 5.69 Å². The average Bonchev–Trinajstić information content (AvgIpc) is 2.51. The molecule has 0 atom stereocenters. The van der Waals surface area contributed by atoms with Crippen LogP contribution in [0.2, 0.25) is 5.02 Å². The molecule has 1 aromatic carbocycles. The van der Waals surface area contributed by atoms with Gasteiger partial charge in [-0.15, -0.1) is 11.3 Å². The third kappa shape index (κ3) is 1.69. The summed E-state index contributed by atoms with van der Waals surface area (Å²) in [4.78, 5) is 0.938. The molecule has 2 nitrogen and oxygen atoms in total. The highest BCUT2D eigenvalue weighted by molar-refractivity contribution is 7.14. The smallest absolute Gasteiger partial charge is 0.126 e. The number of phenols is 1. The summed E-state index contributed by atoms with van der Waals surface area (Å²) in [6, 6.07) is 6.88. The molecule has 4 heteroatoms. The van der Waals surface area contributed by atoms with Crippen molar-refractivity contribution in [2.75, 3.05) is 5.73 Å². The lowest BCUT2D eigenvalue weighted by atomic mass is 10.1. The molecule has 2 aromatic rings. The fraction of sp³-hybridized carbons (Fsp3) is 0. The molecule has 2 rings (SSSR count). The number of hydrogen-bond donors (Lipinski definition) is 2. The Labute approximate surface area is 90.6 Å². The van der Waals surface area contributed by atoms with Gasteiger partial charge >= 0.3 is 0 Å². The zero-order valence-corrected chi connectivity index (χ0v) is 8.77. The van der Waals surface area contributed by atoms with Crippen LogP contribution < -0.4 is 5.73 Å². The van der Waals surface area contributed by atoms with Crippen LogP contribution in [0, 0.1) is 0 Å². The molecular weight excluding hydrogens is 218 g/mol. The number of nitrogens with two attached hydrogens (primary N) is 1. The van der Waals surface area contributed by atoms with Crippen molar-refractivity contribution in [3.8, 4) is 16.2 Å². The van der Waals surface area contributed by atoms with Gasteiger partial charge in [0.15, 0.2) is 0 Å². The van der Waals surface area contributed by atoms with Gasteiger partial charge in [-0.3, -0.25) is 0 Å². The first-order valence-corrected chi connectivity index (χ1v) is 5.25. The van der Waals surface area contributed by atoms with Crippen LogP contribution in [0.25, 0.3) is 10.4 Å². The number of phenolic OH excluding ortho intramolecular Hbond substituents is 1. The van der Waals surface area contributed by atoms with Crippen molar-refractivity contribution in [1.82, 2.24) is 0 Å². The number of rotatable bonds is 1. The second kappa shape index (κ2) is 3.52. The van der Waals surface area contributed by atoms with Crippen molar-refractivity contribution >= 4 is 28.6 Å². The maximum atomic E-state index is 9.64. The molecule has 0 amide bonds. The quantitative estimate of drug-likeness (QED) is 0.731. The summed E-state index contributed by atoms with van der Waals surface area (Å²) < 4.78 is 0. The Morgan fingerprint density at radius 2 is 2.07 bits per heavy atom. The lowest BCUT2D eigenvalue weighted by Crippen LogP contribution is -1.84. The maximum Gasteiger partial charge on any atom is 0.126 e. The van der Waals surface area contributed by atoms with E-state index in [2.05, 4.69) is 0 Å². The summed E-state index contributed by atoms with van der Waals surface area (Å²) >= 11 is 7.29. The molecule has 0 fully saturated rings. The SMILES string of the molecule is Nc1ccc(-c2cc(Cl)cs2)c(O)c1. The minimum absolute atomic E-state index is 0.184. The Hall–Kier alpha value is -1.19. The number of thiophene rings is 1. The standard InChI is InChI=1S/C10H8ClNOS/c11-6-3-10(14-5-6)8-2-1-7(12)4-9(8)13/h1-5,13H,12H2. The Morgan fingerprint density at radius 1 is 1.29 bits per heavy atom. The number of aromatic hydroxyl groups is 1. The first-order chi connectivity index (χ1) is 6.66. The molecule has 0 spiro atoms. The number of anilines is 1. The predicted molar refractivity (Wildman–Crippen MR) is 60.8 cm³/mol. The largest absolute Gasteiger partial charge is 0.507 e. The highest BCUT2D eigenvalue weighted by Crippen LogP contribution is 2.36. The van der Waals surface area contributed by atoms with Gasteiger partial charge in [-0.25, -0.2) is 0 Å². The third-order valence-electron chi connectivity index (χ3n) is 1.85. The molecule has 0 bridgehead atoms. The fourth-order valence-corrected chi connectivity index (χ4v) is 2.32. The Kier molecular flexibility index (Phi) is 2.35. The Balaban J connectivity index is 2.52. The maximum absolute atomic E-state index is 9.64. The molecule has 0 aliphatic heterocycles. The minimum atomic E-state index is 0.184. The van der Waals surface area contributed by atoms with E-state index in [9.17, 15) is 5.11 Å². The topological polar surface area (TPSA) is 46.2 Å². The number of halogens is 1. The summed E-state index contributed by atoms with van der Waals surface area (Å²) in [7, 11) is 0. The molecule has 0 aliphatic carbocycles. The molecule has 0 unspecified atom stereocenters. The van der Waals surface area contributed by atoms with E-state index < -0.39 is 0 Å². The number of benzene rings is 1. The van der Waals surface area contributed by atoms with E-state index in [0.717, 1.165) is 10.4 Å². The fourth-order valence-electron chi connectivity index (χ4n) is 1.21. The van der Waals surface area contributed by atoms with Gasteiger partial charge < -0.3 is 10.8 Å². The van der Waals surface area contributed by atoms with Crippen LogP contribution in [0.3, 0.4) is 0 Å². The molecular formula is C10H8ClNOS. The number of nitrogen functional groups attached to an aromatic ring is 1. The first kappa shape index (κ1) is 9.37. The van der Waals surface area contributed by atoms with Gasteiger partial charge in [0, 0.05) is 27.6 Å². The average molecular weight is 226 g/mol. The van der Waals surface area contributed by atoms with Crippen molar-refractivity contribution < 1.29 is 5.11 Å². The minimum Gasteiger partial charge on any atom is -0.507 e. The van der Waals surface area contributed by atoms with Crippen molar-refractivity contribution in [3.05, 3.63) is 34.7 Å². The van der Waals surface area contributed by atoms with Crippen LogP contribution in [0.5, 0.6) is 5.75 Å². The van der Waals surface area contributed by atoms with Gasteiger partial charge in [0.25, 0.3) is 0 Å². The summed E-state index contributed by atoms with van der Waals surface area (Å²) in [5, 5.41) is 12.1. The van der Waals surface area contributed by atoms with Crippen molar-refractivity contribution in [3.63, 3.8) is 0 Å². The monoisotopic (exact) mass is 225 g/mol. The summed E-state index contributed by atoms with van der Waals surface area (Å²) in [5.41, 5.74) is 6.84. The van der Waals surface area contributed by atoms with E-state index in [1.807, 2.05) is 11.4 Å². The summed E-state index contributed by atoms with van der Waals surface area (Å²) in [5.74, 6) is 0.184. The van der Waals surface area contributed by atoms with Crippen molar-refractivity contribution in [2.24, 2.45) is 0 Å². The van der Waals surface area contributed by atoms with Gasteiger partial charge in [0.05, 0.1) is 5.02 Å². The van der Waals surface area contributed by atoms with E-state index >= 15 is 0 Å². The zero-order valence-electron chi connectivity index (χ0n) is 7.20. The molecule has 0 radical (unpaired) electrons. The molecule has 0 aliphatic rings. The van der Waals surface area contributed by atoms with Crippen LogP contribution >= 0.6 is 22.9 Å². The van der Waals surface area contributed by atoms with E-state index in [4.69, 9.17) is 17.3 Å². The zero-order chi connectivity index (χ0) is 10.1. The van der Waals surface area contributed by atoms with Gasteiger partial charge in [-0.05, 0) is 18.2 Å². The van der Waals surface area contributed by atoms with E-state index in [1.54, 1.807) is 12.1 Å². The van der Waals surface area contributed by atoms with Crippen LogP contribution in [-0.4, -0.2) is 5.11 Å². The van der Waals surface area contributed by atoms with E-state index in [-0.39, 0.29) is 5.75 Å². The van der Waals surface area contributed by atoms with Gasteiger partial charge in [0.1, 0.15) is 5.75 Å². The molecule has 3 N–H and O–H groups in total. The molecule has 0 saturated carbocycles. The van der Waals surface area contributed by atoms with Crippen LogP contribution in [0.1, 0.15) is 0 Å². The van der Waals surface area contributed by atoms with E-state index in [0.29, 0.717) is 10.7 Å². The second-order valence-electron chi connectivity index (χ2n) is 2.91. The number of hydrogen-bond acceptors (Lipinski definition) is 3. The molecule has 1 heterocycles. The van der Waals surface area contributed by atoms with Gasteiger partial charge in [-0.1, -0.05) is 11.6 Å². The molecule has 0 saturated heterocycles. The van der Waals surface area contributed by atoms with Gasteiger partial charge in [0.2, 0.25) is 0 Å². The second-order valence-corrected chi connectivity index (χ2v) is 4.25. The molecule has 72 valence electrons. The Morgan fingerprint density at radius 3 is 2.64 bits per heavy atom. The summed E-state index contributed by atoms with van der Waals surface area (Å²) in [6.07, 6.45) is 0. The normalized spacial score (nSPS) is 10.4. The molecule has 14 heavy (non-hydrogen) atoms. The van der Waals surface area contributed by atoms with Crippen LogP contribution in [0.15, 0.2) is 29.6 Å². The van der Waals surface area contributed by atoms with E-state index in [1.165, 1.54) is 17.4 Å². The van der Waals surface area contributed by atoms with Crippen molar-refractivity contribution in [1.29, 1.82) is 0 Å². The van der Waals surface area contributed by atoms with Crippen LogP contribution in [-0.2, 0) is 0 Å². The Bertz CT molecular complexity index is 467. The highest BCUT2D eigenvalue weighted by atomic mass is 35.5. The highest BCUT2D eigenvalue weighted by Gasteiger charge is 2.06. The predicted octanol–water partition coefficient (Wildman–Crippen LogP) is 3.36. The van der Waals surface area contributed by atoms with Crippen molar-refractivity contribution in [2.45, 2.75) is 0 Å². The van der Waals surface area contributed by atoms with Gasteiger partial charge in [-0.2, -0.15) is 0 Å². The first-order valence-electron chi connectivity index (χ1n) is 4.00. The lowest BCUT2D eigenvalue weighted by molar-refractivity contribution is 0.478. The summed E-state index contributed by atoms with van der Waals surface area (Å²) in [6.45, 7) is 0. The molecule has 1 aromatic heterocycles.